The molecule has 0 aliphatic rings. The van der Waals surface area contributed by atoms with Crippen LogP contribution in [0.3, 0.4) is 0 Å². The van der Waals surface area contributed by atoms with Gasteiger partial charge in [-0.15, -0.1) is 0 Å². The van der Waals surface area contributed by atoms with E-state index in [-0.39, 0.29) is 0 Å². The van der Waals surface area contributed by atoms with Gasteiger partial charge in [0.15, 0.2) is 0 Å². The highest BCUT2D eigenvalue weighted by Crippen LogP contribution is 2.14. The van der Waals surface area contributed by atoms with Crippen LogP contribution in [0.2, 0.25) is 19.6 Å². The minimum Gasteiger partial charge on any atom is -0.444 e. The fraction of sp³-hybridized carbons (Fsp3) is 0.500. The molecule has 3 nitrogen and oxygen atoms in total. The number of amides is 1. The maximum atomic E-state index is 11.8. The van der Waals surface area contributed by atoms with E-state index in [2.05, 4.69) is 31.0 Å². The predicted molar refractivity (Wildman–Crippen MR) is 79.3 cm³/mol. The van der Waals surface area contributed by atoms with E-state index < -0.39 is 19.8 Å². The zero-order valence-electron chi connectivity index (χ0n) is 12.1. The topological polar surface area (TPSA) is 38.3 Å². The van der Waals surface area contributed by atoms with Gasteiger partial charge < -0.3 is 4.74 Å². The summed E-state index contributed by atoms with van der Waals surface area (Å²) < 4.78 is 5.27. The minimum atomic E-state index is -1.47. The summed E-state index contributed by atoms with van der Waals surface area (Å²) in [5.74, 6) is 0. The second kappa shape index (κ2) is 5.14. The fourth-order valence-corrected chi connectivity index (χ4v) is 3.21. The highest BCUT2D eigenvalue weighted by Gasteiger charge is 2.22. The van der Waals surface area contributed by atoms with Crippen molar-refractivity contribution in [2.24, 2.45) is 0 Å². The second-order valence-electron chi connectivity index (χ2n) is 6.42. The zero-order valence-corrected chi connectivity index (χ0v) is 13.1. The Bertz CT molecular complexity index is 430. The van der Waals surface area contributed by atoms with Crippen LogP contribution in [0.5, 0.6) is 0 Å². The van der Waals surface area contributed by atoms with Crippen molar-refractivity contribution in [3.05, 3.63) is 24.3 Å². The van der Waals surface area contributed by atoms with Crippen molar-refractivity contribution in [1.82, 2.24) is 0 Å². The molecule has 1 aromatic carbocycles. The zero-order chi connectivity index (χ0) is 14.0. The molecule has 0 bridgehead atoms. The normalized spacial score (nSPS) is 12.1. The summed E-state index contributed by atoms with van der Waals surface area (Å²) in [5, 5.41) is 4.08. The van der Waals surface area contributed by atoms with Gasteiger partial charge in [0.1, 0.15) is 5.60 Å². The fourth-order valence-electron chi connectivity index (χ4n) is 1.66. The van der Waals surface area contributed by atoms with Crippen molar-refractivity contribution in [3.8, 4) is 0 Å². The molecule has 100 valence electrons. The van der Waals surface area contributed by atoms with Gasteiger partial charge in [-0.1, -0.05) is 37.8 Å². The first-order valence-corrected chi connectivity index (χ1v) is 9.69. The molecule has 18 heavy (non-hydrogen) atoms. The third-order valence-corrected chi connectivity index (χ3v) is 4.42. The lowest BCUT2D eigenvalue weighted by Crippen LogP contribution is -2.40. The van der Waals surface area contributed by atoms with Crippen molar-refractivity contribution in [1.29, 1.82) is 0 Å². The summed E-state index contributed by atoms with van der Waals surface area (Å²) in [5.41, 5.74) is 0.393. The lowest BCUT2D eigenvalue weighted by atomic mass is 10.2. The molecule has 0 radical (unpaired) electrons. The lowest BCUT2D eigenvalue weighted by Gasteiger charge is -2.23. The average molecular weight is 265 g/mol. The SMILES string of the molecule is CC(C)(C)OC(=O)Nc1ccccc1[Si](C)(C)C. The van der Waals surface area contributed by atoms with E-state index >= 15 is 0 Å². The Balaban J connectivity index is 2.89. The van der Waals surface area contributed by atoms with Crippen LogP contribution in [0.25, 0.3) is 0 Å². The van der Waals surface area contributed by atoms with Gasteiger partial charge >= 0.3 is 6.09 Å². The number of ether oxygens (including phenoxy) is 1. The number of para-hydroxylation sites is 1. The molecule has 1 amide bonds. The number of hydrogen-bond donors (Lipinski definition) is 1. The number of nitrogens with one attached hydrogen (secondary N) is 1. The van der Waals surface area contributed by atoms with Crippen LogP contribution < -0.4 is 10.5 Å². The summed E-state index contributed by atoms with van der Waals surface area (Å²) in [7, 11) is -1.47. The summed E-state index contributed by atoms with van der Waals surface area (Å²) >= 11 is 0. The Labute approximate surface area is 111 Å². The number of hydrogen-bond acceptors (Lipinski definition) is 2. The Morgan fingerprint density at radius 1 is 1.17 bits per heavy atom. The molecular formula is C14H23NO2Si. The van der Waals surface area contributed by atoms with Gasteiger partial charge in [0, 0.05) is 5.69 Å². The Kier molecular flexibility index (Phi) is 4.22. The Morgan fingerprint density at radius 3 is 2.22 bits per heavy atom. The van der Waals surface area contributed by atoms with Crippen LogP contribution in [-0.4, -0.2) is 19.8 Å². The van der Waals surface area contributed by atoms with Crippen LogP contribution in [0, 0.1) is 0 Å². The van der Waals surface area contributed by atoms with E-state index in [9.17, 15) is 4.79 Å². The van der Waals surface area contributed by atoms with Crippen LogP contribution in [0.4, 0.5) is 10.5 Å². The molecule has 0 spiro atoms. The van der Waals surface area contributed by atoms with Gasteiger partial charge in [0.25, 0.3) is 0 Å². The average Bonchev–Trinajstić information content (AvgIpc) is 2.13. The molecular weight excluding hydrogens is 242 g/mol. The first-order chi connectivity index (χ1) is 8.09. The molecule has 0 fully saturated rings. The Morgan fingerprint density at radius 2 is 1.72 bits per heavy atom. The van der Waals surface area contributed by atoms with Crippen molar-refractivity contribution in [2.75, 3.05) is 5.32 Å². The number of rotatable bonds is 2. The molecule has 1 aromatic rings. The molecule has 0 saturated heterocycles. The van der Waals surface area contributed by atoms with Gasteiger partial charge in [0.2, 0.25) is 0 Å². The molecule has 0 aliphatic carbocycles. The standard InChI is InChI=1S/C14H23NO2Si/c1-14(2,3)17-13(16)15-11-9-7-8-10-12(11)18(4,5)6/h7-10H,1-6H3,(H,15,16). The highest BCUT2D eigenvalue weighted by molar-refractivity contribution is 6.89. The van der Waals surface area contributed by atoms with E-state index in [4.69, 9.17) is 4.74 Å². The molecule has 0 aromatic heterocycles. The van der Waals surface area contributed by atoms with Crippen molar-refractivity contribution < 1.29 is 9.53 Å². The van der Waals surface area contributed by atoms with Gasteiger partial charge in [0.05, 0.1) is 8.07 Å². The summed E-state index contributed by atoms with van der Waals surface area (Å²) in [6, 6.07) is 7.95. The molecule has 0 aliphatic heterocycles. The maximum absolute atomic E-state index is 11.8. The summed E-state index contributed by atoms with van der Waals surface area (Å²) in [4.78, 5) is 11.8. The quantitative estimate of drug-likeness (QED) is 0.830. The number of carbonyl (C=O) groups is 1. The predicted octanol–water partition coefficient (Wildman–Crippen LogP) is 3.58. The molecule has 1 rings (SSSR count). The third kappa shape index (κ3) is 4.53. The second-order valence-corrected chi connectivity index (χ2v) is 11.5. The summed E-state index contributed by atoms with van der Waals surface area (Å²) in [6.45, 7) is 12.3. The first kappa shape index (κ1) is 14.8. The lowest BCUT2D eigenvalue weighted by molar-refractivity contribution is 0.0636. The van der Waals surface area contributed by atoms with E-state index in [1.165, 1.54) is 5.19 Å². The number of carbonyl (C=O) groups excluding carboxylic acids is 1. The monoisotopic (exact) mass is 265 g/mol. The van der Waals surface area contributed by atoms with Crippen molar-refractivity contribution in [2.45, 2.75) is 46.0 Å². The third-order valence-electron chi connectivity index (χ3n) is 2.37. The minimum absolute atomic E-state index is 0.395. The highest BCUT2D eigenvalue weighted by atomic mass is 28.3. The molecule has 0 unspecified atom stereocenters. The number of benzene rings is 1. The van der Waals surface area contributed by atoms with Crippen LogP contribution in [0.1, 0.15) is 20.8 Å². The van der Waals surface area contributed by atoms with Gasteiger partial charge in [-0.25, -0.2) is 4.79 Å². The molecule has 0 atom stereocenters. The number of anilines is 1. The van der Waals surface area contributed by atoms with E-state index in [1.807, 2.05) is 39.0 Å². The van der Waals surface area contributed by atoms with Crippen LogP contribution in [0.15, 0.2) is 24.3 Å². The Hall–Kier alpha value is -1.29. The molecule has 0 heterocycles. The van der Waals surface area contributed by atoms with Crippen molar-refractivity contribution >= 4 is 25.0 Å². The van der Waals surface area contributed by atoms with Crippen LogP contribution in [-0.2, 0) is 4.74 Å². The largest absolute Gasteiger partial charge is 0.444 e. The van der Waals surface area contributed by atoms with E-state index in [0.29, 0.717) is 0 Å². The smallest absolute Gasteiger partial charge is 0.412 e. The van der Waals surface area contributed by atoms with Crippen molar-refractivity contribution in [3.63, 3.8) is 0 Å². The first-order valence-electron chi connectivity index (χ1n) is 6.19. The molecule has 4 heteroatoms. The van der Waals surface area contributed by atoms with E-state index in [1.54, 1.807) is 0 Å². The van der Waals surface area contributed by atoms with Gasteiger partial charge in [-0.2, -0.15) is 0 Å². The summed E-state index contributed by atoms with van der Waals surface area (Å²) in [6.07, 6.45) is -0.395. The molecule has 1 N–H and O–H groups in total. The molecule has 0 saturated carbocycles. The van der Waals surface area contributed by atoms with Crippen LogP contribution >= 0.6 is 0 Å². The van der Waals surface area contributed by atoms with E-state index in [0.717, 1.165) is 5.69 Å². The van der Waals surface area contributed by atoms with Gasteiger partial charge in [-0.05, 0) is 32.0 Å². The maximum Gasteiger partial charge on any atom is 0.412 e. The van der Waals surface area contributed by atoms with Gasteiger partial charge in [-0.3, -0.25) is 5.32 Å².